The van der Waals surface area contributed by atoms with Crippen LogP contribution in [0, 0.1) is 11.7 Å². The van der Waals surface area contributed by atoms with E-state index in [4.69, 9.17) is 0 Å². The molecular formula is C28H36FN3O2. The zero-order valence-electron chi connectivity index (χ0n) is 20.1. The number of nitrogens with one attached hydrogen (secondary N) is 1. The molecule has 2 aliphatic heterocycles. The minimum atomic E-state index is -0.306. The van der Waals surface area contributed by atoms with Crippen molar-refractivity contribution in [3.63, 3.8) is 0 Å². The summed E-state index contributed by atoms with van der Waals surface area (Å²) in [5.74, 6) is -0.160. The predicted octanol–water partition coefficient (Wildman–Crippen LogP) is 5.12. The van der Waals surface area contributed by atoms with Crippen LogP contribution in [-0.4, -0.2) is 53.8 Å². The number of piperidine rings is 2. The first kappa shape index (κ1) is 24.4. The molecule has 6 heteroatoms. The largest absolute Gasteiger partial charge is 0.339 e. The molecule has 2 saturated heterocycles. The van der Waals surface area contributed by atoms with Gasteiger partial charge in [-0.15, -0.1) is 0 Å². The van der Waals surface area contributed by atoms with Crippen LogP contribution in [0.15, 0.2) is 48.5 Å². The Kier molecular flexibility index (Phi) is 8.33. The van der Waals surface area contributed by atoms with Gasteiger partial charge < -0.3 is 15.1 Å². The van der Waals surface area contributed by atoms with Crippen LogP contribution in [-0.2, 0) is 11.2 Å². The number of amides is 2. The van der Waals surface area contributed by atoms with Crippen molar-refractivity contribution in [2.45, 2.75) is 57.9 Å². The highest BCUT2D eigenvalue weighted by Gasteiger charge is 2.32. The number of benzene rings is 2. The van der Waals surface area contributed by atoms with E-state index in [9.17, 15) is 14.0 Å². The predicted molar refractivity (Wildman–Crippen MR) is 133 cm³/mol. The third kappa shape index (κ3) is 6.23. The Morgan fingerprint density at radius 2 is 1.56 bits per heavy atom. The molecule has 0 bridgehead atoms. The summed E-state index contributed by atoms with van der Waals surface area (Å²) in [6.45, 7) is 5.56. The van der Waals surface area contributed by atoms with E-state index in [2.05, 4.69) is 29.3 Å². The zero-order valence-corrected chi connectivity index (χ0v) is 20.1. The van der Waals surface area contributed by atoms with Crippen molar-refractivity contribution in [1.29, 1.82) is 0 Å². The Labute approximate surface area is 202 Å². The maximum absolute atomic E-state index is 13.1. The van der Waals surface area contributed by atoms with E-state index in [0.29, 0.717) is 11.7 Å². The van der Waals surface area contributed by atoms with Crippen LogP contribution in [0.1, 0.15) is 61.4 Å². The fraction of sp³-hybridized carbons (Fsp3) is 0.500. The Bertz CT molecular complexity index is 945. The number of carbonyl (C=O) groups excluding carboxylic acids is 2. The summed E-state index contributed by atoms with van der Waals surface area (Å²) in [6.07, 6.45) is 7.04. The fourth-order valence-corrected chi connectivity index (χ4v) is 5.12. The van der Waals surface area contributed by atoms with Crippen LogP contribution in [0.2, 0.25) is 0 Å². The number of hydrogen-bond donors (Lipinski definition) is 1. The average Bonchev–Trinajstić information content (AvgIpc) is 2.89. The molecule has 0 aliphatic carbocycles. The third-order valence-corrected chi connectivity index (χ3v) is 7.30. The van der Waals surface area contributed by atoms with Crippen molar-refractivity contribution in [1.82, 2.24) is 9.80 Å². The van der Waals surface area contributed by atoms with Crippen molar-refractivity contribution in [3.05, 3.63) is 65.5 Å². The van der Waals surface area contributed by atoms with Gasteiger partial charge in [0.1, 0.15) is 5.82 Å². The molecule has 2 aromatic carbocycles. The molecule has 2 heterocycles. The second kappa shape index (κ2) is 11.6. The third-order valence-electron chi connectivity index (χ3n) is 7.30. The highest BCUT2D eigenvalue weighted by molar-refractivity contribution is 5.94. The highest BCUT2D eigenvalue weighted by Crippen LogP contribution is 2.26. The van der Waals surface area contributed by atoms with Crippen molar-refractivity contribution in [3.8, 4) is 0 Å². The van der Waals surface area contributed by atoms with Gasteiger partial charge >= 0.3 is 0 Å². The second-order valence-corrected chi connectivity index (χ2v) is 9.63. The Hall–Kier alpha value is -2.73. The normalized spacial score (nSPS) is 18.1. The Morgan fingerprint density at radius 3 is 2.18 bits per heavy atom. The van der Waals surface area contributed by atoms with Crippen LogP contribution in [0.4, 0.5) is 10.1 Å². The lowest BCUT2D eigenvalue weighted by atomic mass is 9.92. The molecule has 0 atom stereocenters. The number of carbonyl (C=O) groups is 2. The topological polar surface area (TPSA) is 52.7 Å². The summed E-state index contributed by atoms with van der Waals surface area (Å²) < 4.78 is 13.1. The molecule has 0 spiro atoms. The molecule has 2 fully saturated rings. The van der Waals surface area contributed by atoms with Gasteiger partial charge in [-0.1, -0.05) is 25.5 Å². The molecule has 1 N–H and O–H groups in total. The second-order valence-electron chi connectivity index (χ2n) is 9.63. The first-order valence-electron chi connectivity index (χ1n) is 12.7. The van der Waals surface area contributed by atoms with Crippen molar-refractivity contribution >= 4 is 17.5 Å². The van der Waals surface area contributed by atoms with E-state index in [-0.39, 0.29) is 23.5 Å². The highest BCUT2D eigenvalue weighted by atomic mass is 19.1. The molecule has 5 nitrogen and oxygen atoms in total. The fourth-order valence-electron chi connectivity index (χ4n) is 5.12. The van der Waals surface area contributed by atoms with E-state index in [0.717, 1.165) is 63.8 Å². The molecule has 2 aliphatic rings. The van der Waals surface area contributed by atoms with Gasteiger partial charge in [0.05, 0.1) is 0 Å². The number of anilines is 1. The monoisotopic (exact) mass is 465 g/mol. The van der Waals surface area contributed by atoms with E-state index in [1.165, 1.54) is 30.5 Å². The van der Waals surface area contributed by atoms with Gasteiger partial charge in [-0.3, -0.25) is 9.59 Å². The SMILES string of the molecule is CCCCc1ccc(C(=O)N2CCC(N3CCC(C(=O)Nc4ccc(F)cc4)CC3)CC2)cc1. The maximum Gasteiger partial charge on any atom is 0.253 e. The van der Waals surface area contributed by atoms with Gasteiger partial charge in [0, 0.05) is 36.3 Å². The molecule has 2 amide bonds. The summed E-state index contributed by atoms with van der Waals surface area (Å²) in [4.78, 5) is 30.0. The average molecular weight is 466 g/mol. The Morgan fingerprint density at radius 1 is 0.912 bits per heavy atom. The molecule has 0 unspecified atom stereocenters. The number of likely N-dealkylation sites (tertiary alicyclic amines) is 2. The van der Waals surface area contributed by atoms with Crippen LogP contribution >= 0.6 is 0 Å². The van der Waals surface area contributed by atoms with Gasteiger partial charge in [0.25, 0.3) is 5.91 Å². The van der Waals surface area contributed by atoms with E-state index >= 15 is 0 Å². The number of aryl methyl sites for hydroxylation is 1. The standard InChI is InChI=1S/C28H36FN3O2/c1-2-3-4-21-5-7-23(8-6-21)28(34)32-19-15-26(16-20-32)31-17-13-22(14-18-31)27(33)30-25-11-9-24(29)10-12-25/h5-12,22,26H,2-4,13-20H2,1H3,(H,30,33). The molecule has 34 heavy (non-hydrogen) atoms. The number of halogens is 1. The van der Waals surface area contributed by atoms with Gasteiger partial charge in [-0.25, -0.2) is 4.39 Å². The summed E-state index contributed by atoms with van der Waals surface area (Å²) >= 11 is 0. The van der Waals surface area contributed by atoms with E-state index in [1.54, 1.807) is 12.1 Å². The minimum absolute atomic E-state index is 0.0109. The lowest BCUT2D eigenvalue weighted by molar-refractivity contribution is -0.121. The molecule has 182 valence electrons. The lowest BCUT2D eigenvalue weighted by Gasteiger charge is -2.41. The van der Waals surface area contributed by atoms with E-state index < -0.39 is 0 Å². The van der Waals surface area contributed by atoms with Crippen molar-refractivity contribution in [2.75, 3.05) is 31.5 Å². The molecule has 0 saturated carbocycles. The molecule has 0 aromatic heterocycles. The lowest BCUT2D eigenvalue weighted by Crippen LogP contribution is -2.49. The van der Waals surface area contributed by atoms with Gasteiger partial charge in [-0.2, -0.15) is 0 Å². The Balaban J connectivity index is 1.21. The van der Waals surface area contributed by atoms with Gasteiger partial charge in [0.15, 0.2) is 0 Å². The summed E-state index contributed by atoms with van der Waals surface area (Å²) in [7, 11) is 0. The molecule has 2 aromatic rings. The number of nitrogens with zero attached hydrogens (tertiary/aromatic N) is 2. The minimum Gasteiger partial charge on any atom is -0.339 e. The van der Waals surface area contributed by atoms with Gasteiger partial charge in [-0.05, 0) is 93.6 Å². The van der Waals surface area contributed by atoms with Crippen molar-refractivity contribution < 1.29 is 14.0 Å². The summed E-state index contributed by atoms with van der Waals surface area (Å²) in [5.41, 5.74) is 2.72. The number of hydrogen-bond acceptors (Lipinski definition) is 3. The van der Waals surface area contributed by atoms with Crippen LogP contribution in [0.5, 0.6) is 0 Å². The van der Waals surface area contributed by atoms with E-state index in [1.807, 2.05) is 17.0 Å². The van der Waals surface area contributed by atoms with Crippen molar-refractivity contribution in [2.24, 2.45) is 5.92 Å². The molecular weight excluding hydrogens is 429 g/mol. The van der Waals surface area contributed by atoms with Crippen LogP contribution in [0.25, 0.3) is 0 Å². The molecule has 4 rings (SSSR count). The summed E-state index contributed by atoms with van der Waals surface area (Å²) in [5, 5.41) is 2.91. The number of unbranched alkanes of at least 4 members (excludes halogenated alkanes) is 1. The molecule has 0 radical (unpaired) electrons. The maximum atomic E-state index is 13.1. The van der Waals surface area contributed by atoms with Crippen LogP contribution < -0.4 is 5.32 Å². The summed E-state index contributed by atoms with van der Waals surface area (Å²) in [6, 6.07) is 14.5. The quantitative estimate of drug-likeness (QED) is 0.617. The first-order valence-corrected chi connectivity index (χ1v) is 12.7. The first-order chi connectivity index (χ1) is 16.5. The number of rotatable bonds is 7. The van der Waals surface area contributed by atoms with Gasteiger partial charge in [0.2, 0.25) is 5.91 Å². The zero-order chi connectivity index (χ0) is 23.9. The van der Waals surface area contributed by atoms with Crippen LogP contribution in [0.3, 0.4) is 0 Å². The smallest absolute Gasteiger partial charge is 0.253 e.